The van der Waals surface area contributed by atoms with Crippen LogP contribution in [0.4, 0.5) is 11.4 Å². The molecule has 0 unspecified atom stereocenters. The Bertz CT molecular complexity index is 1130. The van der Waals surface area contributed by atoms with Gasteiger partial charge in [0.15, 0.2) is 0 Å². The molecule has 0 radical (unpaired) electrons. The van der Waals surface area contributed by atoms with Crippen molar-refractivity contribution < 1.29 is 9.59 Å². The molecule has 142 valence electrons. The van der Waals surface area contributed by atoms with Gasteiger partial charge in [-0.25, -0.2) is 4.98 Å². The Morgan fingerprint density at radius 1 is 1.14 bits per heavy atom. The maximum absolute atomic E-state index is 12.5. The van der Waals surface area contributed by atoms with Gasteiger partial charge in [0.25, 0.3) is 5.56 Å². The number of aryl methyl sites for hydroxylation is 1. The lowest BCUT2D eigenvalue weighted by Gasteiger charge is -2.12. The molecule has 2 N–H and O–H groups in total. The second-order valence-electron chi connectivity index (χ2n) is 7.04. The van der Waals surface area contributed by atoms with Crippen molar-refractivity contribution >= 4 is 34.1 Å². The van der Waals surface area contributed by atoms with Gasteiger partial charge in [0.05, 0.1) is 17.2 Å². The molecule has 28 heavy (non-hydrogen) atoms. The molecule has 0 spiro atoms. The van der Waals surface area contributed by atoms with Crippen LogP contribution >= 0.6 is 0 Å². The van der Waals surface area contributed by atoms with E-state index < -0.39 is 0 Å². The van der Waals surface area contributed by atoms with Gasteiger partial charge < -0.3 is 10.6 Å². The highest BCUT2D eigenvalue weighted by molar-refractivity contribution is 5.96. The fourth-order valence-electron chi connectivity index (χ4n) is 2.99. The van der Waals surface area contributed by atoms with E-state index in [2.05, 4.69) is 15.6 Å². The van der Waals surface area contributed by atoms with Crippen molar-refractivity contribution in [1.82, 2.24) is 9.55 Å². The molecule has 4 rings (SSSR count). The standard InChI is InChI=1S/C21H20N4O3/c1-13-6-9-15(23-20(27)14-7-8-14)10-18(13)24-19(26)11-25-12-22-17-5-3-2-4-16(17)21(25)28/h2-6,9-10,12,14H,7-8,11H2,1H3,(H,23,27)(H,24,26). The summed E-state index contributed by atoms with van der Waals surface area (Å²) in [5, 5.41) is 6.15. The van der Waals surface area contributed by atoms with Crippen molar-refractivity contribution in [3.8, 4) is 0 Å². The number of carbonyl (C=O) groups is 2. The zero-order valence-corrected chi connectivity index (χ0v) is 15.4. The summed E-state index contributed by atoms with van der Waals surface area (Å²) < 4.78 is 1.28. The summed E-state index contributed by atoms with van der Waals surface area (Å²) >= 11 is 0. The summed E-state index contributed by atoms with van der Waals surface area (Å²) in [5.41, 5.74) is 2.44. The molecule has 1 heterocycles. The Kier molecular flexibility index (Phi) is 4.65. The van der Waals surface area contributed by atoms with E-state index in [9.17, 15) is 14.4 Å². The van der Waals surface area contributed by atoms with Crippen LogP contribution < -0.4 is 16.2 Å². The fraction of sp³-hybridized carbons (Fsp3) is 0.238. The third-order valence-electron chi connectivity index (χ3n) is 4.77. The van der Waals surface area contributed by atoms with E-state index in [0.29, 0.717) is 22.3 Å². The highest BCUT2D eigenvalue weighted by Crippen LogP contribution is 2.30. The topological polar surface area (TPSA) is 93.1 Å². The Morgan fingerprint density at radius 3 is 2.71 bits per heavy atom. The Hall–Kier alpha value is -3.48. The predicted molar refractivity (Wildman–Crippen MR) is 107 cm³/mol. The molecule has 0 saturated heterocycles. The molecular weight excluding hydrogens is 356 g/mol. The number of anilines is 2. The normalized spacial score (nSPS) is 13.3. The van der Waals surface area contributed by atoms with Gasteiger partial charge in [-0.2, -0.15) is 0 Å². The second-order valence-corrected chi connectivity index (χ2v) is 7.04. The largest absolute Gasteiger partial charge is 0.326 e. The molecular formula is C21H20N4O3. The van der Waals surface area contributed by atoms with Gasteiger partial charge in [0, 0.05) is 17.3 Å². The summed E-state index contributed by atoms with van der Waals surface area (Å²) in [6, 6.07) is 12.4. The predicted octanol–water partition coefficient (Wildman–Crippen LogP) is 2.69. The molecule has 0 aliphatic heterocycles. The van der Waals surface area contributed by atoms with Gasteiger partial charge >= 0.3 is 0 Å². The molecule has 2 aromatic carbocycles. The lowest BCUT2D eigenvalue weighted by Crippen LogP contribution is -2.28. The molecule has 0 bridgehead atoms. The van der Waals surface area contributed by atoms with Crippen LogP contribution in [0.3, 0.4) is 0 Å². The first-order valence-corrected chi connectivity index (χ1v) is 9.17. The van der Waals surface area contributed by atoms with Gasteiger partial charge in [0.1, 0.15) is 6.54 Å². The molecule has 7 nitrogen and oxygen atoms in total. The number of nitrogens with zero attached hydrogens (tertiary/aromatic N) is 2. The molecule has 0 atom stereocenters. The van der Waals surface area contributed by atoms with Crippen LogP contribution in [0.2, 0.25) is 0 Å². The summed E-state index contributed by atoms with van der Waals surface area (Å²) in [6.07, 6.45) is 3.23. The number of nitrogens with one attached hydrogen (secondary N) is 2. The van der Waals surface area contributed by atoms with E-state index in [1.54, 1.807) is 24.3 Å². The average Bonchev–Trinajstić information content (AvgIpc) is 3.52. The van der Waals surface area contributed by atoms with E-state index in [0.717, 1.165) is 18.4 Å². The van der Waals surface area contributed by atoms with E-state index in [4.69, 9.17) is 0 Å². The number of benzene rings is 2. The van der Waals surface area contributed by atoms with Crippen molar-refractivity contribution in [3.63, 3.8) is 0 Å². The SMILES string of the molecule is Cc1ccc(NC(=O)C2CC2)cc1NC(=O)Cn1cnc2ccccc2c1=O. The molecule has 1 aliphatic carbocycles. The van der Waals surface area contributed by atoms with Gasteiger partial charge in [-0.15, -0.1) is 0 Å². The van der Waals surface area contributed by atoms with Crippen LogP contribution in [0.15, 0.2) is 53.6 Å². The van der Waals surface area contributed by atoms with Crippen LogP contribution in [0, 0.1) is 12.8 Å². The molecule has 7 heteroatoms. The molecule has 3 aromatic rings. The van der Waals surface area contributed by atoms with Crippen LogP contribution in [0.1, 0.15) is 18.4 Å². The maximum atomic E-state index is 12.5. The number of rotatable bonds is 5. The first-order valence-electron chi connectivity index (χ1n) is 9.17. The number of carbonyl (C=O) groups excluding carboxylic acids is 2. The van der Waals surface area contributed by atoms with E-state index in [-0.39, 0.29) is 29.8 Å². The maximum Gasteiger partial charge on any atom is 0.261 e. The first-order chi connectivity index (χ1) is 13.5. The van der Waals surface area contributed by atoms with Gasteiger partial charge in [-0.1, -0.05) is 18.2 Å². The Labute approximate surface area is 161 Å². The molecule has 1 aliphatic rings. The quantitative estimate of drug-likeness (QED) is 0.716. The minimum Gasteiger partial charge on any atom is -0.326 e. The molecule has 2 amide bonds. The zero-order chi connectivity index (χ0) is 19.7. The Balaban J connectivity index is 1.50. The van der Waals surface area contributed by atoms with Crippen molar-refractivity contribution in [3.05, 3.63) is 64.7 Å². The van der Waals surface area contributed by atoms with Gasteiger partial charge in [0.2, 0.25) is 11.8 Å². The van der Waals surface area contributed by atoms with E-state index in [1.807, 2.05) is 25.1 Å². The van der Waals surface area contributed by atoms with Crippen molar-refractivity contribution in [2.24, 2.45) is 5.92 Å². The number of fused-ring (bicyclic) bond motifs is 1. The zero-order valence-electron chi connectivity index (χ0n) is 15.4. The highest BCUT2D eigenvalue weighted by atomic mass is 16.2. The third kappa shape index (κ3) is 3.78. The lowest BCUT2D eigenvalue weighted by atomic mass is 10.1. The van der Waals surface area contributed by atoms with Crippen LogP contribution in [-0.4, -0.2) is 21.4 Å². The smallest absolute Gasteiger partial charge is 0.261 e. The minimum absolute atomic E-state index is 0.00919. The van der Waals surface area contributed by atoms with E-state index in [1.165, 1.54) is 10.9 Å². The van der Waals surface area contributed by atoms with Crippen molar-refractivity contribution in [1.29, 1.82) is 0 Å². The first kappa shape index (κ1) is 17.9. The molecule has 1 aromatic heterocycles. The number of hydrogen-bond acceptors (Lipinski definition) is 4. The van der Waals surface area contributed by atoms with Crippen LogP contribution in [0.5, 0.6) is 0 Å². The van der Waals surface area contributed by atoms with Crippen LogP contribution in [0.25, 0.3) is 10.9 Å². The summed E-state index contributed by atoms with van der Waals surface area (Å²) in [7, 11) is 0. The van der Waals surface area contributed by atoms with Crippen LogP contribution in [-0.2, 0) is 16.1 Å². The second kappa shape index (κ2) is 7.26. The van der Waals surface area contributed by atoms with E-state index >= 15 is 0 Å². The average molecular weight is 376 g/mol. The van der Waals surface area contributed by atoms with Gasteiger partial charge in [-0.05, 0) is 49.6 Å². The van der Waals surface area contributed by atoms with Gasteiger partial charge in [-0.3, -0.25) is 19.0 Å². The number of hydrogen-bond donors (Lipinski definition) is 2. The number of aromatic nitrogens is 2. The number of para-hydroxylation sites is 1. The lowest BCUT2D eigenvalue weighted by molar-refractivity contribution is -0.117. The fourth-order valence-corrected chi connectivity index (χ4v) is 2.99. The summed E-state index contributed by atoms with van der Waals surface area (Å²) in [4.78, 5) is 41.2. The molecule has 1 saturated carbocycles. The third-order valence-corrected chi connectivity index (χ3v) is 4.77. The monoisotopic (exact) mass is 376 g/mol. The summed E-state index contributed by atoms with van der Waals surface area (Å²) in [6.45, 7) is 1.72. The highest BCUT2D eigenvalue weighted by Gasteiger charge is 2.29. The van der Waals surface area contributed by atoms with Crippen molar-refractivity contribution in [2.45, 2.75) is 26.3 Å². The Morgan fingerprint density at radius 2 is 1.93 bits per heavy atom. The van der Waals surface area contributed by atoms with Crippen molar-refractivity contribution in [2.75, 3.05) is 10.6 Å². The number of amides is 2. The minimum atomic E-state index is -0.340. The summed E-state index contributed by atoms with van der Waals surface area (Å²) in [5.74, 6) is -0.227. The molecule has 1 fully saturated rings.